The highest BCUT2D eigenvalue weighted by atomic mass is 19.4. The van der Waals surface area contributed by atoms with Crippen molar-refractivity contribution in [2.75, 3.05) is 0 Å². The van der Waals surface area contributed by atoms with E-state index in [1.54, 1.807) is 0 Å². The van der Waals surface area contributed by atoms with E-state index >= 15 is 0 Å². The summed E-state index contributed by atoms with van der Waals surface area (Å²) in [6, 6.07) is 0.142. The van der Waals surface area contributed by atoms with Gasteiger partial charge in [-0.15, -0.1) is 0 Å². The third-order valence-electron chi connectivity index (χ3n) is 2.75. The Morgan fingerprint density at radius 3 is 2.47 bits per heavy atom. The Bertz CT molecular complexity index is 363. The van der Waals surface area contributed by atoms with E-state index in [2.05, 4.69) is 5.10 Å². The van der Waals surface area contributed by atoms with Crippen molar-refractivity contribution in [1.29, 1.82) is 0 Å². The quantitative estimate of drug-likeness (QED) is 0.783. The predicted molar refractivity (Wildman–Crippen MR) is 48.2 cm³/mol. The van der Waals surface area contributed by atoms with E-state index in [0.717, 1.165) is 6.20 Å². The van der Waals surface area contributed by atoms with E-state index in [9.17, 15) is 13.2 Å². The van der Waals surface area contributed by atoms with Crippen molar-refractivity contribution in [3.8, 4) is 0 Å². The first-order valence-corrected chi connectivity index (χ1v) is 4.76. The minimum atomic E-state index is -4.31. The molecule has 0 unspecified atom stereocenters. The molecule has 1 aliphatic rings. The van der Waals surface area contributed by atoms with Crippen LogP contribution in [0.1, 0.15) is 30.1 Å². The molecule has 0 saturated heterocycles. The SMILES string of the molecule is Cc1nn([C@H]2C[C@H](N)C2)cc1C(F)(F)F. The van der Waals surface area contributed by atoms with Crippen LogP contribution in [-0.2, 0) is 6.18 Å². The lowest BCUT2D eigenvalue weighted by atomic mass is 9.88. The largest absolute Gasteiger partial charge is 0.419 e. The first-order chi connectivity index (χ1) is 6.88. The molecular formula is C9H12F3N3. The van der Waals surface area contributed by atoms with E-state index in [4.69, 9.17) is 5.73 Å². The summed E-state index contributed by atoms with van der Waals surface area (Å²) in [5.41, 5.74) is 4.95. The van der Waals surface area contributed by atoms with Gasteiger partial charge in [-0.1, -0.05) is 0 Å². The number of aryl methyl sites for hydroxylation is 1. The predicted octanol–water partition coefficient (Wildman–Crippen LogP) is 1.87. The summed E-state index contributed by atoms with van der Waals surface area (Å²) >= 11 is 0. The van der Waals surface area contributed by atoms with Crippen molar-refractivity contribution in [2.24, 2.45) is 5.73 Å². The maximum absolute atomic E-state index is 12.4. The Morgan fingerprint density at radius 1 is 1.47 bits per heavy atom. The van der Waals surface area contributed by atoms with Crippen LogP contribution in [0.2, 0.25) is 0 Å². The summed E-state index contributed by atoms with van der Waals surface area (Å²) in [5, 5.41) is 3.87. The minimum Gasteiger partial charge on any atom is -0.328 e. The van der Waals surface area contributed by atoms with Crippen LogP contribution in [-0.4, -0.2) is 15.8 Å². The molecule has 1 aromatic heterocycles. The fraction of sp³-hybridized carbons (Fsp3) is 0.667. The molecule has 1 aromatic rings. The monoisotopic (exact) mass is 219 g/mol. The second-order valence-electron chi connectivity index (χ2n) is 3.99. The summed E-state index contributed by atoms with van der Waals surface area (Å²) in [6.45, 7) is 1.37. The summed E-state index contributed by atoms with van der Waals surface area (Å²) in [7, 11) is 0. The number of aromatic nitrogens is 2. The number of rotatable bonds is 1. The molecule has 3 nitrogen and oxygen atoms in total. The van der Waals surface area contributed by atoms with Crippen molar-refractivity contribution in [3.05, 3.63) is 17.5 Å². The van der Waals surface area contributed by atoms with Gasteiger partial charge >= 0.3 is 6.18 Å². The van der Waals surface area contributed by atoms with Gasteiger partial charge in [0.2, 0.25) is 0 Å². The Morgan fingerprint density at radius 2 is 2.07 bits per heavy atom. The molecule has 1 fully saturated rings. The van der Waals surface area contributed by atoms with Gasteiger partial charge in [-0.3, -0.25) is 4.68 Å². The maximum atomic E-state index is 12.4. The summed E-state index contributed by atoms with van der Waals surface area (Å²) in [4.78, 5) is 0. The summed E-state index contributed by atoms with van der Waals surface area (Å²) in [5.74, 6) is 0. The molecule has 1 aliphatic carbocycles. The molecule has 0 bridgehead atoms. The molecule has 2 N–H and O–H groups in total. The van der Waals surface area contributed by atoms with Crippen LogP contribution < -0.4 is 5.73 Å². The van der Waals surface area contributed by atoms with E-state index in [0.29, 0.717) is 12.8 Å². The topological polar surface area (TPSA) is 43.8 Å². The lowest BCUT2D eigenvalue weighted by Crippen LogP contribution is -2.37. The molecule has 0 radical (unpaired) electrons. The summed E-state index contributed by atoms with van der Waals surface area (Å²) < 4.78 is 38.7. The van der Waals surface area contributed by atoms with Gasteiger partial charge in [-0.25, -0.2) is 0 Å². The molecule has 0 atom stereocenters. The molecule has 84 valence electrons. The van der Waals surface area contributed by atoms with Crippen LogP contribution in [0.5, 0.6) is 0 Å². The molecule has 15 heavy (non-hydrogen) atoms. The number of hydrogen-bond acceptors (Lipinski definition) is 2. The highest BCUT2D eigenvalue weighted by molar-refractivity contribution is 5.19. The maximum Gasteiger partial charge on any atom is 0.419 e. The molecule has 1 saturated carbocycles. The molecule has 0 amide bonds. The molecule has 2 rings (SSSR count). The standard InChI is InChI=1S/C9H12F3N3/c1-5-8(9(10,11)12)4-15(14-5)7-2-6(13)3-7/h4,6-7H,2-3,13H2,1H3/t6-,7-. The number of halogens is 3. The molecule has 6 heteroatoms. The second kappa shape index (κ2) is 3.23. The van der Waals surface area contributed by atoms with Gasteiger partial charge < -0.3 is 5.73 Å². The Hall–Kier alpha value is -1.04. The Balaban J connectivity index is 2.22. The van der Waals surface area contributed by atoms with Crippen LogP contribution in [0.4, 0.5) is 13.2 Å². The van der Waals surface area contributed by atoms with E-state index in [1.807, 2.05) is 0 Å². The zero-order valence-corrected chi connectivity index (χ0v) is 8.25. The number of nitrogens with two attached hydrogens (primary N) is 1. The fourth-order valence-electron chi connectivity index (χ4n) is 1.79. The van der Waals surface area contributed by atoms with Crippen molar-refractivity contribution in [1.82, 2.24) is 9.78 Å². The Labute approximate surface area is 85.1 Å². The first kappa shape index (κ1) is 10.5. The molecule has 1 heterocycles. The highest BCUT2D eigenvalue weighted by Crippen LogP contribution is 2.35. The molecule has 0 aliphatic heterocycles. The fourth-order valence-corrected chi connectivity index (χ4v) is 1.79. The first-order valence-electron chi connectivity index (χ1n) is 4.76. The third kappa shape index (κ3) is 1.86. The van der Waals surface area contributed by atoms with Crippen molar-refractivity contribution < 1.29 is 13.2 Å². The van der Waals surface area contributed by atoms with Gasteiger partial charge in [0.05, 0.1) is 17.3 Å². The molecule has 0 aromatic carbocycles. The minimum absolute atomic E-state index is 0.0305. The van der Waals surface area contributed by atoms with Gasteiger partial charge in [0.15, 0.2) is 0 Å². The average molecular weight is 219 g/mol. The van der Waals surface area contributed by atoms with Gasteiger partial charge in [0, 0.05) is 12.2 Å². The van der Waals surface area contributed by atoms with Gasteiger partial charge in [-0.05, 0) is 19.8 Å². The van der Waals surface area contributed by atoms with Gasteiger partial charge in [0.1, 0.15) is 0 Å². The van der Waals surface area contributed by atoms with Crippen LogP contribution in [0.25, 0.3) is 0 Å². The highest BCUT2D eigenvalue weighted by Gasteiger charge is 2.36. The smallest absolute Gasteiger partial charge is 0.328 e. The lowest BCUT2D eigenvalue weighted by molar-refractivity contribution is -0.138. The zero-order valence-electron chi connectivity index (χ0n) is 8.25. The van der Waals surface area contributed by atoms with Crippen molar-refractivity contribution in [2.45, 2.75) is 38.0 Å². The molecular weight excluding hydrogens is 207 g/mol. The van der Waals surface area contributed by atoms with Crippen LogP contribution in [0.3, 0.4) is 0 Å². The Kier molecular flexibility index (Phi) is 2.26. The van der Waals surface area contributed by atoms with Crippen LogP contribution in [0, 0.1) is 6.92 Å². The number of alkyl halides is 3. The second-order valence-corrected chi connectivity index (χ2v) is 3.99. The normalized spacial score (nSPS) is 26.5. The van der Waals surface area contributed by atoms with Gasteiger partial charge in [-0.2, -0.15) is 18.3 Å². The van der Waals surface area contributed by atoms with Crippen molar-refractivity contribution >= 4 is 0 Å². The lowest BCUT2D eigenvalue weighted by Gasteiger charge is -2.32. The number of nitrogens with zero attached hydrogens (tertiary/aromatic N) is 2. The van der Waals surface area contributed by atoms with Crippen LogP contribution in [0.15, 0.2) is 6.20 Å². The van der Waals surface area contributed by atoms with Crippen LogP contribution >= 0.6 is 0 Å². The average Bonchev–Trinajstić information content (AvgIpc) is 2.40. The molecule has 0 spiro atoms. The summed E-state index contributed by atoms with van der Waals surface area (Å²) in [6.07, 6.45) is -1.82. The van der Waals surface area contributed by atoms with E-state index < -0.39 is 11.7 Å². The third-order valence-corrected chi connectivity index (χ3v) is 2.75. The van der Waals surface area contributed by atoms with Crippen molar-refractivity contribution in [3.63, 3.8) is 0 Å². The van der Waals surface area contributed by atoms with Gasteiger partial charge in [0.25, 0.3) is 0 Å². The van der Waals surface area contributed by atoms with E-state index in [1.165, 1.54) is 11.6 Å². The van der Waals surface area contributed by atoms with E-state index in [-0.39, 0.29) is 17.8 Å². The zero-order chi connectivity index (χ0) is 11.2. The number of hydrogen-bond donors (Lipinski definition) is 1.